The molecule has 0 aliphatic carbocycles. The molecular formula is C13H16F3NO. The summed E-state index contributed by atoms with van der Waals surface area (Å²) in [4.78, 5) is 11.1. The molecule has 0 heterocycles. The van der Waals surface area contributed by atoms with E-state index in [9.17, 15) is 18.0 Å². The Labute approximate surface area is 104 Å². The summed E-state index contributed by atoms with van der Waals surface area (Å²) in [6, 6.07) is 8.32. The lowest BCUT2D eigenvalue weighted by atomic mass is 9.84. The Morgan fingerprint density at radius 3 is 2.22 bits per heavy atom. The number of hydrogen-bond donors (Lipinski definition) is 1. The fraction of sp³-hybridized carbons (Fsp3) is 0.462. The first-order valence-electron chi connectivity index (χ1n) is 5.76. The third kappa shape index (κ3) is 3.75. The van der Waals surface area contributed by atoms with Crippen LogP contribution in [0.15, 0.2) is 30.3 Å². The number of hydrogen-bond acceptors (Lipinski definition) is 1. The number of carbonyl (C=O) groups excluding carboxylic acids is 1. The molecule has 1 rings (SSSR count). The van der Waals surface area contributed by atoms with Gasteiger partial charge in [-0.2, -0.15) is 13.2 Å². The lowest BCUT2D eigenvalue weighted by molar-refractivity contribution is -0.191. The van der Waals surface area contributed by atoms with E-state index in [1.807, 2.05) is 0 Å². The van der Waals surface area contributed by atoms with Crippen molar-refractivity contribution in [3.63, 3.8) is 0 Å². The van der Waals surface area contributed by atoms with Crippen LogP contribution in [-0.2, 0) is 11.2 Å². The quantitative estimate of drug-likeness (QED) is 0.868. The molecule has 100 valence electrons. The van der Waals surface area contributed by atoms with Crippen LogP contribution in [0.4, 0.5) is 13.2 Å². The van der Waals surface area contributed by atoms with E-state index in [-0.39, 0.29) is 12.8 Å². The smallest absolute Gasteiger partial charge is 0.369 e. The zero-order valence-corrected chi connectivity index (χ0v) is 10.1. The number of amides is 1. The van der Waals surface area contributed by atoms with E-state index in [1.165, 1.54) is 0 Å². The van der Waals surface area contributed by atoms with E-state index < -0.39 is 23.9 Å². The van der Waals surface area contributed by atoms with Crippen LogP contribution >= 0.6 is 0 Å². The van der Waals surface area contributed by atoms with Crippen LogP contribution in [0.2, 0.25) is 0 Å². The highest BCUT2D eigenvalue weighted by molar-refractivity contribution is 5.77. The first-order chi connectivity index (χ1) is 8.36. The van der Waals surface area contributed by atoms with E-state index in [4.69, 9.17) is 5.73 Å². The molecule has 18 heavy (non-hydrogen) atoms. The topological polar surface area (TPSA) is 43.1 Å². The molecule has 0 saturated heterocycles. The lowest BCUT2D eigenvalue weighted by Crippen LogP contribution is -2.39. The fourth-order valence-corrected chi connectivity index (χ4v) is 2.04. The highest BCUT2D eigenvalue weighted by Crippen LogP contribution is 2.36. The SMILES string of the molecule is CCC(C(N)=O)C(Cc1ccccc1)C(F)(F)F. The summed E-state index contributed by atoms with van der Waals surface area (Å²) in [5, 5.41) is 0. The fourth-order valence-electron chi connectivity index (χ4n) is 2.04. The summed E-state index contributed by atoms with van der Waals surface area (Å²) in [5.74, 6) is -3.79. The van der Waals surface area contributed by atoms with Gasteiger partial charge in [-0.1, -0.05) is 37.3 Å². The van der Waals surface area contributed by atoms with Gasteiger partial charge in [0.1, 0.15) is 0 Å². The molecule has 0 aliphatic rings. The Hall–Kier alpha value is -1.52. The van der Waals surface area contributed by atoms with E-state index in [0.29, 0.717) is 5.56 Å². The molecule has 0 saturated carbocycles. The second-order valence-corrected chi connectivity index (χ2v) is 4.25. The number of nitrogens with two attached hydrogens (primary N) is 1. The molecule has 0 radical (unpaired) electrons. The molecule has 2 atom stereocenters. The molecule has 1 aromatic rings. The molecule has 0 fully saturated rings. The summed E-state index contributed by atoms with van der Waals surface area (Å²) in [6.07, 6.45) is -4.55. The summed E-state index contributed by atoms with van der Waals surface area (Å²) in [6.45, 7) is 1.54. The Kier molecular flexibility index (Phi) is 4.76. The summed E-state index contributed by atoms with van der Waals surface area (Å²) < 4.78 is 39.0. The van der Waals surface area contributed by atoms with Crippen molar-refractivity contribution in [2.45, 2.75) is 25.9 Å². The second-order valence-electron chi connectivity index (χ2n) is 4.25. The largest absolute Gasteiger partial charge is 0.392 e. The van der Waals surface area contributed by atoms with Crippen LogP contribution in [0.25, 0.3) is 0 Å². The van der Waals surface area contributed by atoms with Crippen molar-refractivity contribution in [1.29, 1.82) is 0 Å². The number of primary amides is 1. The summed E-state index contributed by atoms with van der Waals surface area (Å²) in [5.41, 5.74) is 5.61. The maximum Gasteiger partial charge on any atom is 0.392 e. The average molecular weight is 259 g/mol. The van der Waals surface area contributed by atoms with Gasteiger partial charge in [0, 0.05) is 5.92 Å². The monoisotopic (exact) mass is 259 g/mol. The number of benzene rings is 1. The van der Waals surface area contributed by atoms with Crippen molar-refractivity contribution in [3.05, 3.63) is 35.9 Å². The maximum absolute atomic E-state index is 13.0. The molecule has 2 nitrogen and oxygen atoms in total. The van der Waals surface area contributed by atoms with Crippen molar-refractivity contribution in [2.24, 2.45) is 17.6 Å². The van der Waals surface area contributed by atoms with Crippen LogP contribution in [0.5, 0.6) is 0 Å². The Balaban J connectivity index is 2.96. The third-order valence-electron chi connectivity index (χ3n) is 3.01. The number of carbonyl (C=O) groups is 1. The molecule has 0 spiro atoms. The average Bonchev–Trinajstić information content (AvgIpc) is 2.28. The normalized spacial score (nSPS) is 15.1. The van der Waals surface area contributed by atoms with Crippen LogP contribution in [-0.4, -0.2) is 12.1 Å². The second kappa shape index (κ2) is 5.89. The molecule has 2 N–H and O–H groups in total. The Bertz CT molecular complexity index is 389. The van der Waals surface area contributed by atoms with Crippen molar-refractivity contribution in [3.8, 4) is 0 Å². The van der Waals surface area contributed by atoms with Crippen LogP contribution in [0.1, 0.15) is 18.9 Å². The molecule has 0 aromatic heterocycles. The minimum atomic E-state index is -4.43. The number of alkyl halides is 3. The maximum atomic E-state index is 13.0. The Morgan fingerprint density at radius 2 is 1.83 bits per heavy atom. The van der Waals surface area contributed by atoms with Gasteiger partial charge in [0.05, 0.1) is 5.92 Å². The highest BCUT2D eigenvalue weighted by Gasteiger charge is 2.45. The number of rotatable bonds is 5. The van der Waals surface area contributed by atoms with E-state index in [2.05, 4.69) is 0 Å². The van der Waals surface area contributed by atoms with Gasteiger partial charge >= 0.3 is 6.18 Å². The van der Waals surface area contributed by atoms with Crippen LogP contribution in [0, 0.1) is 11.8 Å². The molecular weight excluding hydrogens is 243 g/mol. The molecule has 0 bridgehead atoms. The van der Waals surface area contributed by atoms with Gasteiger partial charge in [-0.15, -0.1) is 0 Å². The predicted molar refractivity (Wildman–Crippen MR) is 62.7 cm³/mol. The van der Waals surface area contributed by atoms with Crippen LogP contribution < -0.4 is 5.73 Å². The van der Waals surface area contributed by atoms with E-state index in [0.717, 1.165) is 0 Å². The van der Waals surface area contributed by atoms with Crippen molar-refractivity contribution in [2.75, 3.05) is 0 Å². The first kappa shape index (κ1) is 14.5. The number of halogens is 3. The van der Waals surface area contributed by atoms with Gasteiger partial charge in [-0.3, -0.25) is 4.79 Å². The minimum absolute atomic E-state index is 0.0896. The molecule has 1 amide bonds. The van der Waals surface area contributed by atoms with Crippen molar-refractivity contribution in [1.82, 2.24) is 0 Å². The molecule has 0 aliphatic heterocycles. The van der Waals surface area contributed by atoms with Gasteiger partial charge in [0.15, 0.2) is 0 Å². The van der Waals surface area contributed by atoms with Gasteiger partial charge in [-0.05, 0) is 18.4 Å². The van der Waals surface area contributed by atoms with Crippen LogP contribution in [0.3, 0.4) is 0 Å². The zero-order valence-electron chi connectivity index (χ0n) is 10.1. The lowest BCUT2D eigenvalue weighted by Gasteiger charge is -2.26. The third-order valence-corrected chi connectivity index (χ3v) is 3.01. The minimum Gasteiger partial charge on any atom is -0.369 e. The summed E-state index contributed by atoms with van der Waals surface area (Å²) >= 11 is 0. The van der Waals surface area contributed by atoms with Crippen molar-refractivity contribution < 1.29 is 18.0 Å². The van der Waals surface area contributed by atoms with Gasteiger partial charge in [-0.25, -0.2) is 0 Å². The molecule has 2 unspecified atom stereocenters. The summed E-state index contributed by atoms with van der Waals surface area (Å²) in [7, 11) is 0. The van der Waals surface area contributed by atoms with E-state index >= 15 is 0 Å². The zero-order chi connectivity index (χ0) is 13.8. The predicted octanol–water partition coefficient (Wildman–Crippen LogP) is 2.92. The van der Waals surface area contributed by atoms with Gasteiger partial charge < -0.3 is 5.73 Å². The first-order valence-corrected chi connectivity index (χ1v) is 5.76. The molecule has 1 aromatic carbocycles. The van der Waals surface area contributed by atoms with Crippen molar-refractivity contribution >= 4 is 5.91 Å². The Morgan fingerprint density at radius 1 is 1.28 bits per heavy atom. The van der Waals surface area contributed by atoms with Gasteiger partial charge in [0.25, 0.3) is 0 Å². The standard InChI is InChI=1S/C13H16F3NO/c1-2-10(12(17)18)11(13(14,15)16)8-9-6-4-3-5-7-9/h3-7,10-11H,2,8H2,1H3,(H2,17,18). The van der Waals surface area contributed by atoms with Gasteiger partial charge in [0.2, 0.25) is 5.91 Å². The highest BCUT2D eigenvalue weighted by atomic mass is 19.4. The van der Waals surface area contributed by atoms with E-state index in [1.54, 1.807) is 37.3 Å². The molecule has 5 heteroatoms.